The molecular formula is C54H32N2O2. The molecule has 0 unspecified atom stereocenters. The summed E-state index contributed by atoms with van der Waals surface area (Å²) in [6.07, 6.45) is 0. The second-order valence-electron chi connectivity index (χ2n) is 15.2. The Hall–Kier alpha value is -7.82. The number of furan rings is 2. The second-order valence-corrected chi connectivity index (χ2v) is 15.2. The molecule has 0 fully saturated rings. The van der Waals surface area contributed by atoms with Crippen molar-refractivity contribution in [2.75, 3.05) is 0 Å². The molecule has 0 atom stereocenters. The third kappa shape index (κ3) is 4.40. The van der Waals surface area contributed by atoms with Crippen LogP contribution in [0.15, 0.2) is 203 Å². The van der Waals surface area contributed by atoms with Gasteiger partial charge in [-0.2, -0.15) is 0 Å². The molecule has 0 saturated carbocycles. The van der Waals surface area contributed by atoms with Crippen molar-refractivity contribution < 1.29 is 8.83 Å². The van der Waals surface area contributed by atoms with E-state index in [1.165, 1.54) is 49.2 Å². The van der Waals surface area contributed by atoms with Crippen LogP contribution in [0, 0.1) is 0 Å². The molecule has 0 aliphatic heterocycles. The monoisotopic (exact) mass is 740 g/mol. The fourth-order valence-corrected chi connectivity index (χ4v) is 9.53. The van der Waals surface area contributed by atoms with Crippen LogP contribution in [-0.4, -0.2) is 9.13 Å². The molecule has 0 radical (unpaired) electrons. The molecule has 13 rings (SSSR count). The molecule has 13 aromatic rings. The summed E-state index contributed by atoms with van der Waals surface area (Å²) >= 11 is 0. The Morgan fingerprint density at radius 1 is 0.276 bits per heavy atom. The maximum Gasteiger partial charge on any atom is 0.143 e. The van der Waals surface area contributed by atoms with Crippen molar-refractivity contribution in [1.29, 1.82) is 0 Å². The van der Waals surface area contributed by atoms with Gasteiger partial charge in [0.1, 0.15) is 22.3 Å². The predicted molar refractivity (Wildman–Crippen MR) is 241 cm³/mol. The van der Waals surface area contributed by atoms with Crippen molar-refractivity contribution in [3.63, 3.8) is 0 Å². The van der Waals surface area contributed by atoms with E-state index >= 15 is 0 Å². The number of hydrogen-bond acceptors (Lipinski definition) is 2. The van der Waals surface area contributed by atoms with E-state index in [0.29, 0.717) is 0 Å². The van der Waals surface area contributed by atoms with Gasteiger partial charge in [-0.05, 0) is 71.8 Å². The number of hydrogen-bond donors (Lipinski definition) is 0. The van der Waals surface area contributed by atoms with Crippen LogP contribution in [0.2, 0.25) is 0 Å². The number of aromatic nitrogens is 2. The average molecular weight is 741 g/mol. The van der Waals surface area contributed by atoms with Crippen LogP contribution in [0.4, 0.5) is 0 Å². The summed E-state index contributed by atoms with van der Waals surface area (Å²) in [6, 6.07) is 69.5. The van der Waals surface area contributed by atoms with E-state index in [-0.39, 0.29) is 0 Å². The highest BCUT2D eigenvalue weighted by Crippen LogP contribution is 2.43. The van der Waals surface area contributed by atoms with Crippen LogP contribution >= 0.6 is 0 Å². The lowest BCUT2D eigenvalue weighted by Crippen LogP contribution is -1.94. The van der Waals surface area contributed by atoms with Gasteiger partial charge < -0.3 is 18.0 Å². The number of rotatable bonds is 4. The van der Waals surface area contributed by atoms with E-state index in [1.807, 2.05) is 12.1 Å². The first-order valence-electron chi connectivity index (χ1n) is 19.8. The van der Waals surface area contributed by atoms with Gasteiger partial charge in [0.25, 0.3) is 0 Å². The third-order valence-electron chi connectivity index (χ3n) is 12.1. The Morgan fingerprint density at radius 3 is 1.40 bits per heavy atom. The molecule has 0 bridgehead atoms. The Labute approximate surface area is 332 Å². The van der Waals surface area contributed by atoms with Gasteiger partial charge >= 0.3 is 0 Å². The molecule has 4 heterocycles. The molecular weight excluding hydrogens is 709 g/mol. The van der Waals surface area contributed by atoms with Gasteiger partial charge in [0.15, 0.2) is 0 Å². The Morgan fingerprint density at radius 2 is 0.759 bits per heavy atom. The molecule has 0 aliphatic rings. The van der Waals surface area contributed by atoms with Crippen molar-refractivity contribution in [1.82, 2.24) is 9.13 Å². The molecule has 4 heteroatoms. The SMILES string of the molecule is c1ccc(-n2c3ccccc3c3ccc(-c4ccc5c6ccccc6n(-c6ccc7oc8c(-c9cccc%10c9oc9ccccc9%10)cccc8c7c6)c5c4)cc32)cc1. The topological polar surface area (TPSA) is 36.1 Å². The summed E-state index contributed by atoms with van der Waals surface area (Å²) in [6.45, 7) is 0. The van der Waals surface area contributed by atoms with Crippen molar-refractivity contribution in [3.8, 4) is 33.6 Å². The first kappa shape index (κ1) is 31.4. The standard InChI is InChI=1S/C54H32N2O2/c1-2-12-35(13-3-1)55-47-21-7-4-14-37(47)39-27-24-33(30-49(39)55)34-25-28-40-38-15-5-8-22-48(38)56(50(40)31-34)36-26-29-52-46(32-36)45-20-11-19-44(54(45)58-52)43-18-10-17-42-41-16-6-9-23-51(41)57-53(42)43/h1-32H. The lowest BCUT2D eigenvalue weighted by molar-refractivity contribution is 0.665. The Balaban J connectivity index is 0.998. The fraction of sp³-hybridized carbons (Fsp3) is 0. The molecule has 0 aliphatic carbocycles. The molecule has 9 aromatic carbocycles. The number of para-hydroxylation sites is 6. The number of fused-ring (bicyclic) bond motifs is 12. The van der Waals surface area contributed by atoms with Gasteiger partial charge in [0.05, 0.1) is 22.1 Å². The zero-order chi connectivity index (χ0) is 37.9. The van der Waals surface area contributed by atoms with Crippen molar-refractivity contribution in [3.05, 3.63) is 194 Å². The van der Waals surface area contributed by atoms with Crippen LogP contribution in [0.25, 0.3) is 121 Å². The summed E-state index contributed by atoms with van der Waals surface area (Å²) in [4.78, 5) is 0. The average Bonchev–Trinajstić information content (AvgIpc) is 4.03. The lowest BCUT2D eigenvalue weighted by Gasteiger charge is -2.11. The van der Waals surface area contributed by atoms with Crippen LogP contribution in [-0.2, 0) is 0 Å². The molecule has 0 spiro atoms. The first-order chi connectivity index (χ1) is 28.8. The zero-order valence-electron chi connectivity index (χ0n) is 31.2. The van der Waals surface area contributed by atoms with Gasteiger partial charge in [-0.1, -0.05) is 133 Å². The summed E-state index contributed by atoms with van der Waals surface area (Å²) in [5.74, 6) is 0. The molecule has 0 N–H and O–H groups in total. The fourth-order valence-electron chi connectivity index (χ4n) is 9.53. The minimum atomic E-state index is 0.853. The van der Waals surface area contributed by atoms with Gasteiger partial charge in [-0.25, -0.2) is 0 Å². The first-order valence-corrected chi connectivity index (χ1v) is 19.8. The molecule has 0 saturated heterocycles. The van der Waals surface area contributed by atoms with Crippen LogP contribution in [0.3, 0.4) is 0 Å². The lowest BCUT2D eigenvalue weighted by atomic mass is 10.00. The van der Waals surface area contributed by atoms with Gasteiger partial charge in [0.2, 0.25) is 0 Å². The summed E-state index contributed by atoms with van der Waals surface area (Å²) < 4.78 is 18.0. The maximum atomic E-state index is 6.73. The minimum Gasteiger partial charge on any atom is -0.455 e. The van der Waals surface area contributed by atoms with E-state index in [2.05, 4.69) is 191 Å². The van der Waals surface area contributed by atoms with E-state index in [9.17, 15) is 0 Å². The van der Waals surface area contributed by atoms with Crippen LogP contribution < -0.4 is 0 Å². The number of benzene rings is 9. The molecule has 58 heavy (non-hydrogen) atoms. The van der Waals surface area contributed by atoms with Crippen molar-refractivity contribution in [2.45, 2.75) is 0 Å². The summed E-state index contributed by atoms with van der Waals surface area (Å²) in [5, 5.41) is 9.32. The molecule has 4 nitrogen and oxygen atoms in total. The normalized spacial score (nSPS) is 12.1. The molecule has 270 valence electrons. The molecule has 4 aromatic heterocycles. The smallest absolute Gasteiger partial charge is 0.143 e. The quantitative estimate of drug-likeness (QED) is 0.180. The largest absolute Gasteiger partial charge is 0.455 e. The highest BCUT2D eigenvalue weighted by Gasteiger charge is 2.20. The van der Waals surface area contributed by atoms with Gasteiger partial charge in [0, 0.05) is 65.6 Å². The van der Waals surface area contributed by atoms with E-state index in [0.717, 1.165) is 71.9 Å². The number of nitrogens with zero attached hydrogens (tertiary/aromatic N) is 2. The van der Waals surface area contributed by atoms with Gasteiger partial charge in [-0.15, -0.1) is 0 Å². The summed E-state index contributed by atoms with van der Waals surface area (Å²) in [7, 11) is 0. The van der Waals surface area contributed by atoms with Crippen LogP contribution in [0.1, 0.15) is 0 Å². The highest BCUT2D eigenvalue weighted by atomic mass is 16.3. The molecule has 0 amide bonds. The highest BCUT2D eigenvalue weighted by molar-refractivity contribution is 6.16. The third-order valence-corrected chi connectivity index (χ3v) is 12.1. The Kier molecular flexibility index (Phi) is 6.41. The predicted octanol–water partition coefficient (Wildman–Crippen LogP) is 15.0. The van der Waals surface area contributed by atoms with Gasteiger partial charge in [-0.3, -0.25) is 0 Å². The van der Waals surface area contributed by atoms with Crippen LogP contribution in [0.5, 0.6) is 0 Å². The van der Waals surface area contributed by atoms with Crippen molar-refractivity contribution >= 4 is 87.5 Å². The maximum absolute atomic E-state index is 6.73. The van der Waals surface area contributed by atoms with E-state index in [4.69, 9.17) is 8.83 Å². The Bertz CT molecular complexity index is 3800. The van der Waals surface area contributed by atoms with E-state index in [1.54, 1.807) is 0 Å². The van der Waals surface area contributed by atoms with E-state index < -0.39 is 0 Å². The summed E-state index contributed by atoms with van der Waals surface area (Å²) in [5.41, 5.74) is 14.8. The second kappa shape index (κ2) is 11.8. The van der Waals surface area contributed by atoms with Crippen molar-refractivity contribution in [2.24, 2.45) is 0 Å². The minimum absolute atomic E-state index is 0.853. The zero-order valence-corrected chi connectivity index (χ0v) is 31.2.